The highest BCUT2D eigenvalue weighted by atomic mass is 19.4. The summed E-state index contributed by atoms with van der Waals surface area (Å²) < 4.78 is 45.9. The molecule has 0 spiro atoms. The van der Waals surface area contributed by atoms with Gasteiger partial charge in [0.2, 0.25) is 5.91 Å². The van der Waals surface area contributed by atoms with Crippen LogP contribution in [0.2, 0.25) is 0 Å². The molecule has 5 N–H and O–H groups in total. The lowest BCUT2D eigenvalue weighted by atomic mass is 9.79. The van der Waals surface area contributed by atoms with Crippen molar-refractivity contribution >= 4 is 28.8 Å². The molecule has 9 nitrogen and oxygen atoms in total. The van der Waals surface area contributed by atoms with Crippen molar-refractivity contribution in [3.05, 3.63) is 64.8 Å². The van der Waals surface area contributed by atoms with Crippen molar-refractivity contribution in [3.63, 3.8) is 0 Å². The topological polar surface area (TPSA) is 133 Å². The summed E-state index contributed by atoms with van der Waals surface area (Å²) in [6.07, 6.45) is -4.19. The minimum Gasteiger partial charge on any atom is -0.497 e. The van der Waals surface area contributed by atoms with Crippen LogP contribution in [0.4, 0.5) is 18.0 Å². The zero-order chi connectivity index (χ0) is 29.9. The zero-order valence-electron chi connectivity index (χ0n) is 22.9. The Bertz CT molecular complexity index is 1440. The fraction of sp³-hybridized carbons (Fsp3) is 0.414. The molecule has 3 aromatic rings. The van der Waals surface area contributed by atoms with Crippen LogP contribution in [0, 0.1) is 5.92 Å². The standard InChI is InChI=1S/C29H33F3N4O5/c1-4-16(2)23(35-27(40)33-15-17-8-10-18(41-3)11-9-17)25(37)36-28(26(38)39)13-12-22-20(14-28)19-6-5-7-21(24(19)34-22)29(30,31)32/h5-11,16,23,34H,4,12-15H2,1-3H3,(H,36,37)(H,38,39)(H2,33,35,40). The number of methoxy groups -OCH3 is 1. The lowest BCUT2D eigenvalue weighted by Gasteiger charge is -2.36. The van der Waals surface area contributed by atoms with E-state index in [1.807, 2.05) is 6.92 Å². The third-order valence-electron chi connectivity index (χ3n) is 7.78. The summed E-state index contributed by atoms with van der Waals surface area (Å²) in [5.74, 6) is -1.65. The lowest BCUT2D eigenvalue weighted by Crippen LogP contribution is -2.63. The molecule has 0 bridgehead atoms. The molecule has 0 saturated carbocycles. The summed E-state index contributed by atoms with van der Waals surface area (Å²) in [6, 6.07) is 9.19. The van der Waals surface area contributed by atoms with Gasteiger partial charge in [-0.2, -0.15) is 13.2 Å². The van der Waals surface area contributed by atoms with E-state index in [1.54, 1.807) is 38.3 Å². The van der Waals surface area contributed by atoms with E-state index in [1.165, 1.54) is 12.1 Å². The maximum atomic E-state index is 13.6. The SMILES string of the molecule is CCC(C)C(NC(=O)NCc1ccc(OC)cc1)C(=O)NC1(C(=O)O)CCc2[nH]c3c(C(F)(F)F)cccc3c2C1. The number of hydrogen-bond acceptors (Lipinski definition) is 4. The number of aromatic nitrogens is 1. The number of carboxylic acid groups (broad SMARTS) is 1. The predicted octanol–water partition coefficient (Wildman–Crippen LogP) is 4.54. The Hall–Kier alpha value is -4.22. The van der Waals surface area contributed by atoms with E-state index in [-0.39, 0.29) is 42.6 Å². The number of hydrogen-bond donors (Lipinski definition) is 5. The number of nitrogens with one attached hydrogen (secondary N) is 4. The fourth-order valence-corrected chi connectivity index (χ4v) is 5.18. The molecule has 12 heteroatoms. The number of ether oxygens (including phenoxy) is 1. The first-order valence-electron chi connectivity index (χ1n) is 13.3. The van der Waals surface area contributed by atoms with Crippen molar-refractivity contribution in [2.24, 2.45) is 5.92 Å². The third-order valence-corrected chi connectivity index (χ3v) is 7.78. The maximum absolute atomic E-state index is 13.6. The van der Waals surface area contributed by atoms with Crippen molar-refractivity contribution in [2.45, 2.75) is 63.8 Å². The average molecular weight is 575 g/mol. The molecule has 2 aromatic carbocycles. The van der Waals surface area contributed by atoms with E-state index < -0.39 is 41.2 Å². The molecule has 41 heavy (non-hydrogen) atoms. The third kappa shape index (κ3) is 6.26. The molecule has 1 aliphatic carbocycles. The van der Waals surface area contributed by atoms with Crippen LogP contribution in [-0.4, -0.2) is 46.7 Å². The second kappa shape index (κ2) is 11.7. The molecule has 1 aromatic heterocycles. The first kappa shape index (κ1) is 29.8. The second-order valence-electron chi connectivity index (χ2n) is 10.4. The Kier molecular flexibility index (Phi) is 8.50. The monoisotopic (exact) mass is 574 g/mol. The lowest BCUT2D eigenvalue weighted by molar-refractivity contribution is -0.148. The highest BCUT2D eigenvalue weighted by Gasteiger charge is 2.46. The van der Waals surface area contributed by atoms with Crippen LogP contribution in [0.15, 0.2) is 42.5 Å². The predicted molar refractivity (Wildman–Crippen MR) is 145 cm³/mol. The Balaban J connectivity index is 1.53. The summed E-state index contributed by atoms with van der Waals surface area (Å²) in [7, 11) is 1.55. The van der Waals surface area contributed by atoms with Crippen LogP contribution in [0.5, 0.6) is 5.75 Å². The largest absolute Gasteiger partial charge is 0.497 e. The number of amides is 3. The highest BCUT2D eigenvalue weighted by Crippen LogP contribution is 2.40. The van der Waals surface area contributed by atoms with Gasteiger partial charge < -0.3 is 30.8 Å². The summed E-state index contributed by atoms with van der Waals surface area (Å²) in [4.78, 5) is 41.7. The fourth-order valence-electron chi connectivity index (χ4n) is 5.18. The van der Waals surface area contributed by atoms with Gasteiger partial charge in [0, 0.05) is 24.0 Å². The maximum Gasteiger partial charge on any atom is 0.418 e. The number of rotatable bonds is 9. The van der Waals surface area contributed by atoms with Crippen molar-refractivity contribution in [1.82, 2.24) is 20.9 Å². The number of aryl methyl sites for hydroxylation is 1. The number of aliphatic carboxylic acids is 1. The number of para-hydroxylation sites is 1. The minimum atomic E-state index is -4.59. The van der Waals surface area contributed by atoms with Crippen LogP contribution in [-0.2, 0) is 35.2 Å². The van der Waals surface area contributed by atoms with E-state index in [0.717, 1.165) is 11.6 Å². The van der Waals surface area contributed by atoms with Crippen LogP contribution >= 0.6 is 0 Å². The number of urea groups is 1. The number of carbonyl (C=O) groups excluding carboxylic acids is 2. The summed E-state index contributed by atoms with van der Waals surface area (Å²) in [5.41, 5.74) is -0.968. The van der Waals surface area contributed by atoms with E-state index in [2.05, 4.69) is 20.9 Å². The molecule has 4 rings (SSSR count). The number of carboxylic acids is 1. The first-order chi connectivity index (χ1) is 19.4. The minimum absolute atomic E-state index is 0.0356. The zero-order valence-corrected chi connectivity index (χ0v) is 22.9. The number of halogens is 3. The van der Waals surface area contributed by atoms with Gasteiger partial charge in [-0.25, -0.2) is 9.59 Å². The van der Waals surface area contributed by atoms with Crippen molar-refractivity contribution < 1.29 is 37.4 Å². The van der Waals surface area contributed by atoms with Gasteiger partial charge in [0.15, 0.2) is 0 Å². The first-order valence-corrected chi connectivity index (χ1v) is 13.3. The van der Waals surface area contributed by atoms with Gasteiger partial charge in [-0.1, -0.05) is 44.5 Å². The van der Waals surface area contributed by atoms with Crippen LogP contribution in [0.25, 0.3) is 10.9 Å². The van der Waals surface area contributed by atoms with Gasteiger partial charge in [0.1, 0.15) is 17.3 Å². The Labute approximate surface area is 234 Å². The molecule has 3 amide bonds. The van der Waals surface area contributed by atoms with E-state index in [9.17, 15) is 32.7 Å². The molecular formula is C29H33F3N4O5. The van der Waals surface area contributed by atoms with Crippen molar-refractivity contribution in [1.29, 1.82) is 0 Å². The smallest absolute Gasteiger partial charge is 0.418 e. The van der Waals surface area contributed by atoms with Crippen LogP contribution in [0.1, 0.15) is 49.1 Å². The molecule has 3 atom stereocenters. The van der Waals surface area contributed by atoms with Crippen LogP contribution in [0.3, 0.4) is 0 Å². The molecule has 0 aliphatic heterocycles. The van der Waals surface area contributed by atoms with Gasteiger partial charge in [-0.3, -0.25) is 4.79 Å². The molecule has 0 radical (unpaired) electrons. The number of H-pyrrole nitrogens is 1. The molecule has 220 valence electrons. The Morgan fingerprint density at radius 2 is 1.85 bits per heavy atom. The van der Waals surface area contributed by atoms with Crippen molar-refractivity contribution in [2.75, 3.05) is 7.11 Å². The van der Waals surface area contributed by atoms with E-state index >= 15 is 0 Å². The van der Waals surface area contributed by atoms with Crippen LogP contribution < -0.4 is 20.7 Å². The average Bonchev–Trinajstić information content (AvgIpc) is 3.31. The number of carbonyl (C=O) groups is 3. The summed E-state index contributed by atoms with van der Waals surface area (Å²) in [6.45, 7) is 3.79. The normalized spacial score (nSPS) is 18.2. The summed E-state index contributed by atoms with van der Waals surface area (Å²) in [5, 5.41) is 18.5. The second-order valence-corrected chi connectivity index (χ2v) is 10.4. The van der Waals surface area contributed by atoms with Gasteiger partial charge in [0.05, 0.1) is 18.2 Å². The number of alkyl halides is 3. The Morgan fingerprint density at radius 1 is 1.15 bits per heavy atom. The van der Waals surface area contributed by atoms with Gasteiger partial charge in [-0.15, -0.1) is 0 Å². The quantitative estimate of drug-likeness (QED) is 0.256. The molecule has 0 fully saturated rings. The van der Waals surface area contributed by atoms with E-state index in [4.69, 9.17) is 4.74 Å². The highest BCUT2D eigenvalue weighted by molar-refractivity contribution is 5.94. The van der Waals surface area contributed by atoms with Crippen molar-refractivity contribution in [3.8, 4) is 5.75 Å². The van der Waals surface area contributed by atoms with E-state index in [0.29, 0.717) is 23.4 Å². The van der Waals surface area contributed by atoms with Gasteiger partial charge in [-0.05, 0) is 48.1 Å². The number of benzene rings is 2. The molecule has 1 aliphatic rings. The number of fused-ring (bicyclic) bond motifs is 3. The molecule has 0 saturated heterocycles. The Morgan fingerprint density at radius 3 is 2.46 bits per heavy atom. The summed E-state index contributed by atoms with van der Waals surface area (Å²) >= 11 is 0. The number of aromatic amines is 1. The van der Waals surface area contributed by atoms with Gasteiger partial charge in [0.25, 0.3) is 0 Å². The molecule has 1 heterocycles. The molecule has 3 unspecified atom stereocenters. The molecular weight excluding hydrogens is 541 g/mol. The van der Waals surface area contributed by atoms with Gasteiger partial charge >= 0.3 is 18.2 Å².